The van der Waals surface area contributed by atoms with E-state index in [1.54, 1.807) is 0 Å². The third-order valence-electron chi connectivity index (χ3n) is 7.05. The van der Waals surface area contributed by atoms with Gasteiger partial charge >= 0.3 is 0 Å². The van der Waals surface area contributed by atoms with Gasteiger partial charge in [0.1, 0.15) is 18.1 Å². The number of nitrogens with zero attached hydrogens (tertiary/aromatic N) is 1. The normalized spacial score (nSPS) is 21.9. The fourth-order valence-electron chi connectivity index (χ4n) is 5.07. The monoisotopic (exact) mass is 442 g/mol. The van der Waals surface area contributed by atoms with E-state index in [1.807, 2.05) is 47.7 Å². The quantitative estimate of drug-likeness (QED) is 0.757. The van der Waals surface area contributed by atoms with Gasteiger partial charge in [-0.15, -0.1) is 10.3 Å². The third-order valence-corrected chi connectivity index (χ3v) is 8.84. The van der Waals surface area contributed by atoms with Crippen LogP contribution in [0.3, 0.4) is 0 Å². The van der Waals surface area contributed by atoms with Crippen LogP contribution in [0.5, 0.6) is 11.5 Å². The third kappa shape index (κ3) is 3.49. The Morgan fingerprint density at radius 1 is 1.16 bits per heavy atom. The molecule has 5 rings (SSSR count). The van der Waals surface area contributed by atoms with E-state index in [4.69, 9.17) is 15.2 Å². The minimum Gasteiger partial charge on any atom is -0.492 e. The van der Waals surface area contributed by atoms with Crippen LogP contribution in [-0.4, -0.2) is 54.2 Å². The number of hydrogen-bond acceptors (Lipinski definition) is 5. The Morgan fingerprint density at radius 2 is 1.90 bits per heavy atom. The zero-order valence-corrected chi connectivity index (χ0v) is 18.9. The summed E-state index contributed by atoms with van der Waals surface area (Å²) in [6.07, 6.45) is 5.49. The summed E-state index contributed by atoms with van der Waals surface area (Å²) in [6.45, 7) is 3.06. The molecule has 7 heteroatoms. The molecule has 0 aliphatic carbocycles. The molecule has 1 saturated heterocycles. The number of piperidine rings is 1. The minimum absolute atomic E-state index is 0.0293. The van der Waals surface area contributed by atoms with Crippen molar-refractivity contribution in [2.75, 3.05) is 38.8 Å². The maximum absolute atomic E-state index is 13.3. The highest BCUT2D eigenvalue weighted by atomic mass is 32.3. The molecule has 2 aromatic rings. The Hall–Kier alpha value is -2.22. The minimum atomic E-state index is -1.81. The zero-order chi connectivity index (χ0) is 21.8. The number of fused-ring (bicyclic) bond motifs is 3. The number of benzene rings is 2. The predicted molar refractivity (Wildman–Crippen MR) is 123 cm³/mol. The molecule has 3 N–H and O–H groups in total. The van der Waals surface area contributed by atoms with Gasteiger partial charge in [0.25, 0.3) is 5.91 Å². The van der Waals surface area contributed by atoms with Gasteiger partial charge in [0.2, 0.25) is 0 Å². The van der Waals surface area contributed by atoms with Crippen LogP contribution in [-0.2, 0) is 12.0 Å². The van der Waals surface area contributed by atoms with Crippen LogP contribution >= 0.6 is 10.3 Å². The first kappa shape index (κ1) is 20.7. The van der Waals surface area contributed by atoms with Gasteiger partial charge in [-0.3, -0.25) is 4.79 Å². The predicted octanol–water partition coefficient (Wildman–Crippen LogP) is 3.68. The van der Waals surface area contributed by atoms with E-state index >= 15 is 0 Å². The van der Waals surface area contributed by atoms with Gasteiger partial charge in [-0.2, -0.15) is 0 Å². The van der Waals surface area contributed by atoms with Crippen LogP contribution in [0.2, 0.25) is 0 Å². The second-order valence-electron chi connectivity index (χ2n) is 9.30. The smallest absolute Gasteiger partial charge is 0.253 e. The van der Waals surface area contributed by atoms with E-state index in [-0.39, 0.29) is 16.6 Å². The van der Waals surface area contributed by atoms with Crippen LogP contribution in [0.25, 0.3) is 0 Å². The topological polar surface area (TPSA) is 85.0 Å². The fourth-order valence-corrected chi connectivity index (χ4v) is 6.28. The first-order valence-electron chi connectivity index (χ1n) is 10.8. The van der Waals surface area contributed by atoms with Crippen molar-refractivity contribution in [1.29, 1.82) is 0 Å². The molecule has 1 fully saturated rings. The lowest BCUT2D eigenvalue weighted by atomic mass is 9.74. The Kier molecular flexibility index (Phi) is 4.95. The molecule has 1 spiro atoms. The number of carbonyl (C=O) groups is 1. The number of nitrogens with two attached hydrogens (primary N) is 1. The average molecular weight is 443 g/mol. The van der Waals surface area contributed by atoms with Crippen molar-refractivity contribution < 1.29 is 18.8 Å². The summed E-state index contributed by atoms with van der Waals surface area (Å²) in [5, 5.41) is -0.0521. The molecule has 31 heavy (non-hydrogen) atoms. The summed E-state index contributed by atoms with van der Waals surface area (Å²) < 4.78 is 22.3. The molecule has 3 aliphatic rings. The molecule has 0 aromatic heterocycles. The van der Waals surface area contributed by atoms with Gasteiger partial charge in [0.05, 0.1) is 11.9 Å². The standard InChI is InChI=1S/C24H30N2O4S/c1-31(2,28)22-14-29-20-6-4-17(12-18(20)22)23(27)26-9-7-24(8-10-26)15-30-21-5-3-16(13-25)11-19(21)24/h3-6,11-12,22,28H,7-10,13-15,25H2,1-2H3. The largest absolute Gasteiger partial charge is 0.492 e. The maximum Gasteiger partial charge on any atom is 0.253 e. The van der Waals surface area contributed by atoms with Crippen LogP contribution < -0.4 is 15.2 Å². The van der Waals surface area contributed by atoms with Crippen molar-refractivity contribution >= 4 is 16.2 Å². The molecular formula is C24H30N2O4S. The van der Waals surface area contributed by atoms with Gasteiger partial charge in [0, 0.05) is 41.7 Å². The number of carbonyl (C=O) groups excluding carboxylic acids is 1. The van der Waals surface area contributed by atoms with Gasteiger partial charge in [-0.05, 0) is 55.2 Å². The molecule has 6 nitrogen and oxygen atoms in total. The summed E-state index contributed by atoms with van der Waals surface area (Å²) in [7, 11) is -1.81. The Bertz CT molecular complexity index is 1020. The van der Waals surface area contributed by atoms with Crippen molar-refractivity contribution in [3.8, 4) is 11.5 Å². The Morgan fingerprint density at radius 3 is 2.61 bits per heavy atom. The lowest BCUT2D eigenvalue weighted by Crippen LogP contribution is -2.46. The number of rotatable bonds is 3. The fraction of sp³-hybridized carbons (Fsp3) is 0.458. The molecule has 166 valence electrons. The van der Waals surface area contributed by atoms with E-state index in [9.17, 15) is 9.35 Å². The number of amides is 1. The van der Waals surface area contributed by atoms with Crippen LogP contribution in [0, 0.1) is 0 Å². The number of likely N-dealkylation sites (tertiary alicyclic amines) is 1. The lowest BCUT2D eigenvalue weighted by Gasteiger charge is -2.38. The highest BCUT2D eigenvalue weighted by Gasteiger charge is 2.44. The van der Waals surface area contributed by atoms with Crippen molar-refractivity contribution in [3.63, 3.8) is 0 Å². The van der Waals surface area contributed by atoms with Crippen molar-refractivity contribution in [3.05, 3.63) is 58.7 Å². The van der Waals surface area contributed by atoms with Gasteiger partial charge in [-0.25, -0.2) is 0 Å². The second-order valence-corrected chi connectivity index (χ2v) is 12.6. The lowest BCUT2D eigenvalue weighted by molar-refractivity contribution is 0.0646. The summed E-state index contributed by atoms with van der Waals surface area (Å²) in [5.41, 5.74) is 9.80. The van der Waals surface area contributed by atoms with Crippen LogP contribution in [0.15, 0.2) is 36.4 Å². The molecular weight excluding hydrogens is 412 g/mol. The molecule has 0 radical (unpaired) electrons. The number of ether oxygens (including phenoxy) is 2. The molecule has 0 saturated carbocycles. The van der Waals surface area contributed by atoms with Gasteiger partial charge < -0.3 is 24.7 Å². The summed E-state index contributed by atoms with van der Waals surface area (Å²) in [4.78, 5) is 15.2. The summed E-state index contributed by atoms with van der Waals surface area (Å²) >= 11 is 0. The average Bonchev–Trinajstić information content (AvgIpc) is 3.35. The molecule has 1 amide bonds. The Labute approximate surface area is 184 Å². The van der Waals surface area contributed by atoms with Crippen LogP contribution in [0.1, 0.15) is 45.1 Å². The van der Waals surface area contributed by atoms with E-state index in [1.165, 1.54) is 5.56 Å². The van der Waals surface area contributed by atoms with E-state index in [2.05, 4.69) is 6.07 Å². The number of hydrogen-bond donors (Lipinski definition) is 2. The van der Waals surface area contributed by atoms with E-state index in [0.717, 1.165) is 35.5 Å². The Balaban J connectivity index is 1.33. The van der Waals surface area contributed by atoms with Crippen molar-refractivity contribution in [2.24, 2.45) is 5.73 Å². The molecule has 3 aliphatic heterocycles. The van der Waals surface area contributed by atoms with Crippen LogP contribution in [0.4, 0.5) is 0 Å². The molecule has 0 bridgehead atoms. The maximum atomic E-state index is 13.3. The molecule has 2 aromatic carbocycles. The molecule has 3 heterocycles. The highest BCUT2D eigenvalue weighted by Crippen LogP contribution is 2.56. The van der Waals surface area contributed by atoms with Gasteiger partial charge in [-0.1, -0.05) is 12.1 Å². The zero-order valence-electron chi connectivity index (χ0n) is 18.1. The highest BCUT2D eigenvalue weighted by molar-refractivity contribution is 8.28. The van der Waals surface area contributed by atoms with E-state index in [0.29, 0.717) is 38.4 Å². The first-order valence-corrected chi connectivity index (χ1v) is 13.2. The SMILES string of the molecule is CS(C)(O)C1COc2ccc(C(=O)N3CCC4(CC3)COc3ccc(CN)cc34)cc21. The van der Waals surface area contributed by atoms with Gasteiger partial charge in [0.15, 0.2) is 0 Å². The molecule has 1 unspecified atom stereocenters. The second kappa shape index (κ2) is 7.43. The van der Waals surface area contributed by atoms with Crippen molar-refractivity contribution in [2.45, 2.75) is 30.1 Å². The molecule has 1 atom stereocenters. The first-order chi connectivity index (χ1) is 14.8. The summed E-state index contributed by atoms with van der Waals surface area (Å²) in [5.74, 6) is 1.78. The van der Waals surface area contributed by atoms with E-state index < -0.39 is 10.3 Å². The van der Waals surface area contributed by atoms with Crippen molar-refractivity contribution in [1.82, 2.24) is 4.90 Å². The summed E-state index contributed by atoms with van der Waals surface area (Å²) in [6, 6.07) is 11.9.